The van der Waals surface area contributed by atoms with Crippen LogP contribution < -0.4 is 26.0 Å². The average molecular weight is 504 g/mol. The Labute approximate surface area is 221 Å². The molecule has 38 heavy (non-hydrogen) atoms. The van der Waals surface area contributed by atoms with Gasteiger partial charge in [-0.3, -0.25) is 9.97 Å². The fourth-order valence-corrected chi connectivity index (χ4v) is 3.98. The standard InChI is InChI=1S/C30H29N7O/c1-19-15-24(11-13-32-19)38-23-7-9-29(26(31)17-23)35-20(2)21-5-10-30(34-18-21)36-28-12-14-33-27-8-6-22(37(3)4)16-25(27)28/h5-18,35H,2,31H2,1,3-4H3,(H,33,34,36). The number of hydrogen-bond acceptors (Lipinski definition) is 8. The van der Waals surface area contributed by atoms with Crippen molar-refractivity contribution in [2.24, 2.45) is 0 Å². The number of aromatic nitrogens is 3. The minimum Gasteiger partial charge on any atom is -0.457 e. The molecule has 0 spiro atoms. The SMILES string of the molecule is C=C(Nc1ccc(Oc2ccnc(C)c2)cc1N)c1ccc(Nc2ccnc3ccc(N(C)C)cc23)nc1. The highest BCUT2D eigenvalue weighted by Crippen LogP contribution is 2.31. The molecule has 0 aliphatic rings. The molecule has 0 atom stereocenters. The Bertz CT molecular complexity index is 1610. The zero-order chi connectivity index (χ0) is 26.6. The van der Waals surface area contributed by atoms with Gasteiger partial charge in [-0.2, -0.15) is 0 Å². The van der Waals surface area contributed by atoms with E-state index in [0.29, 0.717) is 22.9 Å². The number of rotatable bonds is 8. The van der Waals surface area contributed by atoms with Crippen molar-refractivity contribution in [2.75, 3.05) is 35.4 Å². The molecule has 8 nitrogen and oxygen atoms in total. The molecule has 5 rings (SSSR count). The summed E-state index contributed by atoms with van der Waals surface area (Å²) < 4.78 is 5.90. The molecule has 8 heteroatoms. The Morgan fingerprint density at radius 3 is 2.42 bits per heavy atom. The molecule has 0 fully saturated rings. The van der Waals surface area contributed by atoms with Gasteiger partial charge in [-0.15, -0.1) is 0 Å². The van der Waals surface area contributed by atoms with Crippen LogP contribution in [0.15, 0.2) is 91.9 Å². The van der Waals surface area contributed by atoms with Gasteiger partial charge < -0.3 is 26.0 Å². The van der Waals surface area contributed by atoms with Crippen molar-refractivity contribution < 1.29 is 4.74 Å². The van der Waals surface area contributed by atoms with E-state index >= 15 is 0 Å². The molecule has 3 aromatic heterocycles. The van der Waals surface area contributed by atoms with Crippen molar-refractivity contribution in [3.05, 3.63) is 103 Å². The first-order valence-electron chi connectivity index (χ1n) is 12.1. The second kappa shape index (κ2) is 10.5. The van der Waals surface area contributed by atoms with Crippen molar-refractivity contribution in [3.8, 4) is 11.5 Å². The molecule has 0 unspecified atom stereocenters. The van der Waals surface area contributed by atoms with Crippen LogP contribution in [-0.2, 0) is 0 Å². The largest absolute Gasteiger partial charge is 0.457 e. The Balaban J connectivity index is 1.27. The van der Waals surface area contributed by atoms with Gasteiger partial charge in [0.2, 0.25) is 0 Å². The van der Waals surface area contributed by atoms with E-state index in [1.165, 1.54) is 0 Å². The fraction of sp³-hybridized carbons (Fsp3) is 0.100. The van der Waals surface area contributed by atoms with E-state index in [2.05, 4.69) is 49.2 Å². The van der Waals surface area contributed by atoms with Crippen LogP contribution in [0.4, 0.5) is 28.6 Å². The Morgan fingerprint density at radius 2 is 1.68 bits per heavy atom. The number of aryl methyl sites for hydroxylation is 1. The Hall–Kier alpha value is -5.11. The molecule has 2 aromatic carbocycles. The molecule has 3 heterocycles. The second-order valence-electron chi connectivity index (χ2n) is 9.10. The first-order chi connectivity index (χ1) is 18.4. The van der Waals surface area contributed by atoms with Gasteiger partial charge in [0.1, 0.15) is 17.3 Å². The van der Waals surface area contributed by atoms with Crippen LogP contribution in [0.3, 0.4) is 0 Å². The minimum absolute atomic E-state index is 0.544. The van der Waals surface area contributed by atoms with E-state index in [1.807, 2.05) is 63.5 Å². The number of nitrogen functional groups attached to an aromatic ring is 1. The van der Waals surface area contributed by atoms with Gasteiger partial charge in [-0.1, -0.05) is 6.58 Å². The molecular formula is C30H29N7O. The number of hydrogen-bond donors (Lipinski definition) is 3. The van der Waals surface area contributed by atoms with Crippen molar-refractivity contribution >= 4 is 45.2 Å². The van der Waals surface area contributed by atoms with E-state index in [1.54, 1.807) is 30.7 Å². The highest BCUT2D eigenvalue weighted by molar-refractivity contribution is 5.94. The van der Waals surface area contributed by atoms with E-state index in [9.17, 15) is 0 Å². The van der Waals surface area contributed by atoms with E-state index in [-0.39, 0.29) is 0 Å². The molecule has 0 saturated heterocycles. The summed E-state index contributed by atoms with van der Waals surface area (Å²) in [4.78, 5) is 15.3. The van der Waals surface area contributed by atoms with Crippen molar-refractivity contribution in [2.45, 2.75) is 6.92 Å². The number of ether oxygens (including phenoxy) is 1. The third-order valence-corrected chi connectivity index (χ3v) is 6.03. The lowest BCUT2D eigenvalue weighted by Crippen LogP contribution is -2.08. The quantitative estimate of drug-likeness (QED) is 0.204. The summed E-state index contributed by atoms with van der Waals surface area (Å²) in [5.74, 6) is 2.07. The van der Waals surface area contributed by atoms with Crippen LogP contribution in [0.1, 0.15) is 11.3 Å². The highest BCUT2D eigenvalue weighted by atomic mass is 16.5. The molecule has 0 aliphatic heterocycles. The van der Waals surface area contributed by atoms with Gasteiger partial charge >= 0.3 is 0 Å². The molecule has 0 radical (unpaired) electrons. The van der Waals surface area contributed by atoms with Crippen LogP contribution in [-0.4, -0.2) is 29.0 Å². The molecule has 4 N–H and O–H groups in total. The maximum Gasteiger partial charge on any atom is 0.130 e. The molecule has 0 bridgehead atoms. The molecule has 0 aliphatic carbocycles. The molecule has 0 amide bonds. The maximum absolute atomic E-state index is 6.29. The lowest BCUT2D eigenvalue weighted by Gasteiger charge is -2.15. The predicted octanol–water partition coefficient (Wildman–Crippen LogP) is 6.60. The summed E-state index contributed by atoms with van der Waals surface area (Å²) >= 11 is 0. The first-order valence-corrected chi connectivity index (χ1v) is 12.1. The van der Waals surface area contributed by atoms with Crippen LogP contribution in [0.25, 0.3) is 16.6 Å². The molecule has 5 aromatic rings. The van der Waals surface area contributed by atoms with E-state index < -0.39 is 0 Å². The lowest BCUT2D eigenvalue weighted by atomic mass is 10.1. The maximum atomic E-state index is 6.29. The van der Waals surface area contributed by atoms with Gasteiger partial charge in [0.15, 0.2) is 0 Å². The molecule has 190 valence electrons. The van der Waals surface area contributed by atoms with Gasteiger partial charge in [0.25, 0.3) is 0 Å². The number of anilines is 5. The second-order valence-corrected chi connectivity index (χ2v) is 9.10. The summed E-state index contributed by atoms with van der Waals surface area (Å²) in [5.41, 5.74) is 12.9. The zero-order valence-electron chi connectivity index (χ0n) is 21.6. The van der Waals surface area contributed by atoms with Crippen molar-refractivity contribution in [1.29, 1.82) is 0 Å². The number of fused-ring (bicyclic) bond motifs is 1. The van der Waals surface area contributed by atoms with Crippen LogP contribution in [0.2, 0.25) is 0 Å². The number of nitrogens with two attached hydrogens (primary N) is 1. The third-order valence-electron chi connectivity index (χ3n) is 6.03. The smallest absolute Gasteiger partial charge is 0.130 e. The van der Waals surface area contributed by atoms with Gasteiger partial charge in [0.05, 0.1) is 22.6 Å². The number of pyridine rings is 3. The van der Waals surface area contributed by atoms with Crippen molar-refractivity contribution in [3.63, 3.8) is 0 Å². The van der Waals surface area contributed by atoms with Gasteiger partial charge in [0, 0.05) is 72.8 Å². The van der Waals surface area contributed by atoms with Crippen LogP contribution >= 0.6 is 0 Å². The van der Waals surface area contributed by atoms with Crippen molar-refractivity contribution in [1.82, 2.24) is 15.0 Å². The Kier molecular flexibility index (Phi) is 6.78. The number of nitrogens with one attached hydrogen (secondary N) is 2. The predicted molar refractivity (Wildman–Crippen MR) is 156 cm³/mol. The lowest BCUT2D eigenvalue weighted by molar-refractivity contribution is 0.482. The van der Waals surface area contributed by atoms with E-state index in [4.69, 9.17) is 10.5 Å². The topological polar surface area (TPSA) is 101 Å². The fourth-order valence-electron chi connectivity index (χ4n) is 3.98. The van der Waals surface area contributed by atoms with Crippen LogP contribution in [0.5, 0.6) is 11.5 Å². The highest BCUT2D eigenvalue weighted by Gasteiger charge is 2.09. The minimum atomic E-state index is 0.544. The average Bonchev–Trinajstić information content (AvgIpc) is 2.90. The van der Waals surface area contributed by atoms with E-state index in [0.717, 1.165) is 45.0 Å². The summed E-state index contributed by atoms with van der Waals surface area (Å²) in [6.07, 6.45) is 5.27. The number of nitrogens with zero attached hydrogens (tertiary/aromatic N) is 4. The third kappa shape index (κ3) is 5.49. The summed E-state index contributed by atoms with van der Waals surface area (Å²) in [7, 11) is 4.04. The first kappa shape index (κ1) is 24.6. The number of benzene rings is 2. The monoisotopic (exact) mass is 503 g/mol. The Morgan fingerprint density at radius 1 is 0.868 bits per heavy atom. The molecule has 0 saturated carbocycles. The van der Waals surface area contributed by atoms with Gasteiger partial charge in [-0.25, -0.2) is 4.98 Å². The molecular weight excluding hydrogens is 474 g/mol. The summed E-state index contributed by atoms with van der Waals surface area (Å²) in [6, 6.07) is 21.2. The summed E-state index contributed by atoms with van der Waals surface area (Å²) in [6.45, 7) is 6.08. The summed E-state index contributed by atoms with van der Waals surface area (Å²) in [5, 5.41) is 7.71. The zero-order valence-corrected chi connectivity index (χ0v) is 21.6. The normalized spacial score (nSPS) is 10.7. The van der Waals surface area contributed by atoms with Crippen LogP contribution in [0, 0.1) is 6.92 Å². The van der Waals surface area contributed by atoms with Gasteiger partial charge in [-0.05, 0) is 61.5 Å².